The van der Waals surface area contributed by atoms with Gasteiger partial charge in [0.1, 0.15) is 11.8 Å². The lowest BCUT2D eigenvalue weighted by molar-refractivity contribution is 0.352. The fourth-order valence-electron chi connectivity index (χ4n) is 1.82. The van der Waals surface area contributed by atoms with Crippen molar-refractivity contribution in [1.82, 2.24) is 10.1 Å². The number of benzene rings is 1. The molecule has 5 heteroatoms. The zero-order valence-corrected chi connectivity index (χ0v) is 9.96. The summed E-state index contributed by atoms with van der Waals surface area (Å²) in [6.45, 7) is 1.97. The van der Waals surface area contributed by atoms with Gasteiger partial charge in [0.05, 0.1) is 11.6 Å². The Bertz CT molecular complexity index is 671. The number of hydrogen-bond acceptors (Lipinski definition) is 5. The molecular formula is C13H13N3O2. The second-order valence-electron chi connectivity index (χ2n) is 4.12. The van der Waals surface area contributed by atoms with E-state index in [9.17, 15) is 0 Å². The third kappa shape index (κ3) is 1.69. The normalized spacial score (nSPS) is 13.0. The first-order valence-electron chi connectivity index (χ1n) is 5.85. The number of nitrogens with two attached hydrogens (primary N) is 1. The number of nitrogens with zero attached hydrogens (tertiary/aromatic N) is 2. The zero-order valence-electron chi connectivity index (χ0n) is 9.96. The molecule has 1 atom stereocenters. The van der Waals surface area contributed by atoms with Gasteiger partial charge in [-0.2, -0.15) is 4.98 Å². The fraction of sp³-hybridized carbons (Fsp3) is 0.231. The fourth-order valence-corrected chi connectivity index (χ4v) is 1.82. The Balaban J connectivity index is 2.07. The van der Waals surface area contributed by atoms with Crippen molar-refractivity contribution >= 4 is 11.0 Å². The molecule has 0 bridgehead atoms. The molecule has 1 aromatic carbocycles. The number of fused-ring (bicyclic) bond motifs is 1. The van der Waals surface area contributed by atoms with Crippen LogP contribution in [0.3, 0.4) is 0 Å². The maximum atomic E-state index is 5.85. The van der Waals surface area contributed by atoms with Crippen LogP contribution in [0.5, 0.6) is 0 Å². The Morgan fingerprint density at radius 2 is 2.17 bits per heavy atom. The molecule has 5 nitrogen and oxygen atoms in total. The molecule has 3 rings (SSSR count). The number of para-hydroxylation sites is 1. The van der Waals surface area contributed by atoms with Crippen molar-refractivity contribution in [3.05, 3.63) is 36.4 Å². The quantitative estimate of drug-likeness (QED) is 0.765. The summed E-state index contributed by atoms with van der Waals surface area (Å²) >= 11 is 0. The Morgan fingerprint density at radius 1 is 1.33 bits per heavy atom. The van der Waals surface area contributed by atoms with Crippen molar-refractivity contribution in [1.29, 1.82) is 0 Å². The molecule has 0 radical (unpaired) electrons. The van der Waals surface area contributed by atoms with Gasteiger partial charge in [0.25, 0.3) is 0 Å². The first kappa shape index (κ1) is 11.0. The molecule has 92 valence electrons. The Morgan fingerprint density at radius 3 is 3.00 bits per heavy atom. The van der Waals surface area contributed by atoms with Gasteiger partial charge in [-0.05, 0) is 12.5 Å². The summed E-state index contributed by atoms with van der Waals surface area (Å²) in [5.74, 6) is 0.969. The van der Waals surface area contributed by atoms with Gasteiger partial charge in [-0.15, -0.1) is 0 Å². The van der Waals surface area contributed by atoms with Gasteiger partial charge in [-0.25, -0.2) is 0 Å². The second-order valence-corrected chi connectivity index (χ2v) is 4.12. The third-order valence-corrected chi connectivity index (χ3v) is 2.92. The SMILES string of the molecule is CC[C@H](N)c1nc(-c2coc3ccccc23)no1. The molecule has 0 amide bonds. The van der Waals surface area contributed by atoms with E-state index in [1.165, 1.54) is 0 Å². The Labute approximate surface area is 104 Å². The highest BCUT2D eigenvalue weighted by molar-refractivity contribution is 5.91. The first-order chi connectivity index (χ1) is 8.79. The van der Waals surface area contributed by atoms with Crippen LogP contribution >= 0.6 is 0 Å². The van der Waals surface area contributed by atoms with Crippen LogP contribution in [0.1, 0.15) is 25.3 Å². The van der Waals surface area contributed by atoms with Gasteiger partial charge in [0.2, 0.25) is 11.7 Å². The number of rotatable bonds is 3. The molecule has 18 heavy (non-hydrogen) atoms. The monoisotopic (exact) mass is 243 g/mol. The van der Waals surface area contributed by atoms with Crippen molar-refractivity contribution in [3.63, 3.8) is 0 Å². The molecule has 3 aromatic rings. The highest BCUT2D eigenvalue weighted by Gasteiger charge is 2.17. The van der Waals surface area contributed by atoms with Gasteiger partial charge in [-0.3, -0.25) is 0 Å². The molecule has 0 spiro atoms. The van der Waals surface area contributed by atoms with E-state index in [4.69, 9.17) is 14.7 Å². The van der Waals surface area contributed by atoms with E-state index in [1.807, 2.05) is 31.2 Å². The highest BCUT2D eigenvalue weighted by Crippen LogP contribution is 2.29. The molecule has 0 saturated carbocycles. The van der Waals surface area contributed by atoms with Crippen LogP contribution in [0.4, 0.5) is 0 Å². The van der Waals surface area contributed by atoms with Crippen LogP contribution in [-0.4, -0.2) is 10.1 Å². The minimum absolute atomic E-state index is 0.218. The molecule has 2 heterocycles. The standard InChI is InChI=1S/C13H13N3O2/c1-2-10(14)13-15-12(16-18-13)9-7-17-11-6-4-3-5-8(9)11/h3-7,10H,2,14H2,1H3/t10-/m0/s1. The van der Waals surface area contributed by atoms with Crippen LogP contribution in [0, 0.1) is 0 Å². The van der Waals surface area contributed by atoms with Crippen molar-refractivity contribution in [2.24, 2.45) is 5.73 Å². The van der Waals surface area contributed by atoms with Crippen molar-refractivity contribution in [3.8, 4) is 11.4 Å². The minimum Gasteiger partial charge on any atom is -0.464 e. The van der Waals surface area contributed by atoms with Crippen LogP contribution < -0.4 is 5.73 Å². The van der Waals surface area contributed by atoms with Crippen LogP contribution in [-0.2, 0) is 0 Å². The molecule has 2 aromatic heterocycles. The average Bonchev–Trinajstić information content (AvgIpc) is 3.03. The lowest BCUT2D eigenvalue weighted by Gasteiger charge is -1.98. The van der Waals surface area contributed by atoms with Crippen molar-refractivity contribution in [2.75, 3.05) is 0 Å². The van der Waals surface area contributed by atoms with Crippen LogP contribution in [0.2, 0.25) is 0 Å². The summed E-state index contributed by atoms with van der Waals surface area (Å²) in [6, 6.07) is 7.51. The summed E-state index contributed by atoms with van der Waals surface area (Å²) in [6.07, 6.45) is 2.39. The van der Waals surface area contributed by atoms with E-state index in [1.54, 1.807) is 6.26 Å². The Hall–Kier alpha value is -2.14. The summed E-state index contributed by atoms with van der Waals surface area (Å²) in [5.41, 5.74) is 7.48. The smallest absolute Gasteiger partial charge is 0.243 e. The first-order valence-corrected chi connectivity index (χ1v) is 5.85. The maximum absolute atomic E-state index is 5.85. The van der Waals surface area contributed by atoms with E-state index >= 15 is 0 Å². The van der Waals surface area contributed by atoms with Gasteiger partial charge in [0, 0.05) is 5.39 Å². The second kappa shape index (κ2) is 4.27. The van der Waals surface area contributed by atoms with Gasteiger partial charge in [0.15, 0.2) is 0 Å². The van der Waals surface area contributed by atoms with Gasteiger partial charge < -0.3 is 14.7 Å². The average molecular weight is 243 g/mol. The topological polar surface area (TPSA) is 78.1 Å². The van der Waals surface area contributed by atoms with Crippen molar-refractivity contribution in [2.45, 2.75) is 19.4 Å². The van der Waals surface area contributed by atoms with Gasteiger partial charge >= 0.3 is 0 Å². The summed E-state index contributed by atoms with van der Waals surface area (Å²) < 4.78 is 10.6. The van der Waals surface area contributed by atoms with E-state index in [2.05, 4.69) is 10.1 Å². The molecule has 0 aliphatic rings. The van der Waals surface area contributed by atoms with E-state index in [0.717, 1.165) is 23.0 Å². The zero-order chi connectivity index (χ0) is 12.5. The van der Waals surface area contributed by atoms with Crippen molar-refractivity contribution < 1.29 is 8.94 Å². The predicted molar refractivity (Wildman–Crippen MR) is 66.7 cm³/mol. The lowest BCUT2D eigenvalue weighted by Crippen LogP contribution is -2.08. The third-order valence-electron chi connectivity index (χ3n) is 2.92. The lowest BCUT2D eigenvalue weighted by atomic mass is 10.1. The number of furan rings is 1. The molecule has 2 N–H and O–H groups in total. The predicted octanol–water partition coefficient (Wildman–Crippen LogP) is 2.89. The maximum Gasteiger partial charge on any atom is 0.243 e. The van der Waals surface area contributed by atoms with Crippen LogP contribution in [0.25, 0.3) is 22.4 Å². The molecule has 0 unspecified atom stereocenters. The largest absolute Gasteiger partial charge is 0.464 e. The summed E-state index contributed by atoms with van der Waals surface area (Å²) in [7, 11) is 0. The van der Waals surface area contributed by atoms with Crippen LogP contribution in [0.15, 0.2) is 39.5 Å². The summed E-state index contributed by atoms with van der Waals surface area (Å²) in [4.78, 5) is 4.31. The van der Waals surface area contributed by atoms with E-state index < -0.39 is 0 Å². The number of aromatic nitrogens is 2. The van der Waals surface area contributed by atoms with E-state index in [-0.39, 0.29) is 6.04 Å². The molecular weight excluding hydrogens is 230 g/mol. The minimum atomic E-state index is -0.218. The molecule has 0 saturated heterocycles. The molecule has 0 aliphatic carbocycles. The number of hydrogen-bond donors (Lipinski definition) is 1. The van der Waals surface area contributed by atoms with Gasteiger partial charge in [-0.1, -0.05) is 30.3 Å². The molecule has 0 aliphatic heterocycles. The van der Waals surface area contributed by atoms with E-state index in [0.29, 0.717) is 11.7 Å². The summed E-state index contributed by atoms with van der Waals surface area (Å²) in [5, 5.41) is 4.92. The Kier molecular flexibility index (Phi) is 2.60. The highest BCUT2D eigenvalue weighted by atomic mass is 16.5. The molecule has 0 fully saturated rings.